The van der Waals surface area contributed by atoms with Crippen molar-refractivity contribution in [3.63, 3.8) is 0 Å². The van der Waals surface area contributed by atoms with Gasteiger partial charge < -0.3 is 0 Å². The largest absolute Gasteiger partial charge is 0.279 e. The summed E-state index contributed by atoms with van der Waals surface area (Å²) in [5.74, 6) is -0.927. The minimum atomic E-state index is -0.473. The lowest BCUT2D eigenvalue weighted by Gasteiger charge is -2.22. The lowest BCUT2D eigenvalue weighted by Crippen LogP contribution is -2.17. The molecule has 0 radical (unpaired) electrons. The number of nitrogens with zero attached hydrogens (tertiary/aromatic N) is 1. The van der Waals surface area contributed by atoms with Crippen LogP contribution in [0.25, 0.3) is 0 Å². The van der Waals surface area contributed by atoms with Gasteiger partial charge in [-0.1, -0.05) is 26.8 Å². The molecule has 0 saturated heterocycles. The van der Waals surface area contributed by atoms with Gasteiger partial charge in [-0.25, -0.2) is 9.38 Å². The van der Waals surface area contributed by atoms with E-state index in [0.29, 0.717) is 6.42 Å². The quantitative estimate of drug-likeness (QED) is 0.659. The highest BCUT2D eigenvalue weighted by Crippen LogP contribution is 2.28. The Labute approximate surface area is 94.2 Å². The van der Waals surface area contributed by atoms with Crippen molar-refractivity contribution in [2.45, 2.75) is 32.6 Å². The SMILES string of the molecule is CC(C)(C)c1cc(F)c2c(c1)CC=NC2=O. The summed E-state index contributed by atoms with van der Waals surface area (Å²) < 4.78 is 13.8. The summed E-state index contributed by atoms with van der Waals surface area (Å²) in [6, 6.07) is 3.35. The third-order valence-electron chi connectivity index (χ3n) is 2.77. The molecule has 16 heavy (non-hydrogen) atoms. The van der Waals surface area contributed by atoms with E-state index >= 15 is 0 Å². The van der Waals surface area contributed by atoms with Crippen molar-refractivity contribution in [2.24, 2.45) is 4.99 Å². The molecule has 0 unspecified atom stereocenters. The van der Waals surface area contributed by atoms with Gasteiger partial charge in [0.15, 0.2) is 0 Å². The molecule has 0 saturated carbocycles. The predicted octanol–water partition coefficient (Wildman–Crippen LogP) is 2.89. The summed E-state index contributed by atoms with van der Waals surface area (Å²) in [6.07, 6.45) is 2.07. The topological polar surface area (TPSA) is 29.4 Å². The minimum absolute atomic E-state index is 0.118. The van der Waals surface area contributed by atoms with E-state index in [-0.39, 0.29) is 11.0 Å². The molecule has 1 aromatic rings. The number of hydrogen-bond donors (Lipinski definition) is 0. The van der Waals surface area contributed by atoms with Crippen LogP contribution in [0.1, 0.15) is 42.3 Å². The summed E-state index contributed by atoms with van der Waals surface area (Å²) in [4.78, 5) is 15.0. The average Bonchev–Trinajstić information content (AvgIpc) is 2.15. The molecule has 1 aromatic carbocycles. The van der Waals surface area contributed by atoms with Crippen LogP contribution in [0.5, 0.6) is 0 Å². The zero-order chi connectivity index (χ0) is 11.9. The van der Waals surface area contributed by atoms with E-state index in [1.807, 2.05) is 26.8 Å². The maximum absolute atomic E-state index is 13.8. The van der Waals surface area contributed by atoms with E-state index in [1.54, 1.807) is 0 Å². The van der Waals surface area contributed by atoms with Crippen LogP contribution in [-0.4, -0.2) is 12.1 Å². The second kappa shape index (κ2) is 3.51. The lowest BCUT2D eigenvalue weighted by molar-refractivity contribution is 0.0997. The van der Waals surface area contributed by atoms with E-state index in [0.717, 1.165) is 11.1 Å². The molecule has 0 spiro atoms. The second-order valence-corrected chi connectivity index (χ2v) is 5.06. The number of halogens is 1. The molecule has 84 valence electrons. The predicted molar refractivity (Wildman–Crippen MR) is 61.6 cm³/mol. The van der Waals surface area contributed by atoms with Gasteiger partial charge in [0.1, 0.15) is 5.82 Å². The molecule has 0 aliphatic carbocycles. The Hall–Kier alpha value is -1.51. The Bertz CT molecular complexity index is 483. The van der Waals surface area contributed by atoms with E-state index in [1.165, 1.54) is 12.3 Å². The van der Waals surface area contributed by atoms with Gasteiger partial charge in [-0.2, -0.15) is 0 Å². The van der Waals surface area contributed by atoms with Crippen molar-refractivity contribution in [3.8, 4) is 0 Å². The molecule has 0 aromatic heterocycles. The van der Waals surface area contributed by atoms with Crippen LogP contribution >= 0.6 is 0 Å². The Balaban J connectivity index is 2.61. The van der Waals surface area contributed by atoms with Crippen molar-refractivity contribution < 1.29 is 9.18 Å². The van der Waals surface area contributed by atoms with Gasteiger partial charge in [0.05, 0.1) is 5.56 Å². The van der Waals surface area contributed by atoms with Gasteiger partial charge in [0.2, 0.25) is 0 Å². The van der Waals surface area contributed by atoms with Crippen LogP contribution in [0.4, 0.5) is 4.39 Å². The Morgan fingerprint density at radius 2 is 2.00 bits per heavy atom. The van der Waals surface area contributed by atoms with E-state index in [2.05, 4.69) is 4.99 Å². The molecular weight excluding hydrogens is 205 g/mol. The molecule has 0 bridgehead atoms. The summed E-state index contributed by atoms with van der Waals surface area (Å²) in [5.41, 5.74) is 1.67. The first kappa shape index (κ1) is 11.0. The normalized spacial score (nSPS) is 15.1. The van der Waals surface area contributed by atoms with E-state index < -0.39 is 11.7 Å². The monoisotopic (exact) mass is 219 g/mol. The number of benzene rings is 1. The van der Waals surface area contributed by atoms with Crippen LogP contribution in [0.2, 0.25) is 0 Å². The number of fused-ring (bicyclic) bond motifs is 1. The number of carbonyl (C=O) groups excluding carboxylic acids is 1. The smallest absolute Gasteiger partial charge is 0.267 e. The molecular formula is C13H14FNO. The first-order chi connectivity index (χ1) is 7.39. The molecule has 0 atom stereocenters. The Morgan fingerprint density at radius 1 is 1.31 bits per heavy atom. The van der Waals surface area contributed by atoms with Crippen molar-refractivity contribution in [1.29, 1.82) is 0 Å². The fourth-order valence-corrected chi connectivity index (χ4v) is 1.79. The highest BCUT2D eigenvalue weighted by Gasteiger charge is 2.23. The number of rotatable bonds is 0. The van der Waals surface area contributed by atoms with Gasteiger partial charge in [0.25, 0.3) is 5.91 Å². The highest BCUT2D eigenvalue weighted by molar-refractivity contribution is 6.03. The van der Waals surface area contributed by atoms with Crippen LogP contribution in [-0.2, 0) is 11.8 Å². The van der Waals surface area contributed by atoms with Crippen molar-refractivity contribution in [2.75, 3.05) is 0 Å². The van der Waals surface area contributed by atoms with E-state index in [9.17, 15) is 9.18 Å². The molecule has 1 amide bonds. The maximum atomic E-state index is 13.8. The molecule has 3 heteroatoms. The number of aliphatic imine (C=N–C) groups is 1. The molecule has 0 N–H and O–H groups in total. The van der Waals surface area contributed by atoms with Gasteiger partial charge in [-0.05, 0) is 22.6 Å². The standard InChI is InChI=1S/C13H14FNO/c1-13(2,3)9-6-8-4-5-15-12(16)11(8)10(14)7-9/h5-7H,4H2,1-3H3. The van der Waals surface area contributed by atoms with Crippen LogP contribution in [0, 0.1) is 5.82 Å². The highest BCUT2D eigenvalue weighted by atomic mass is 19.1. The van der Waals surface area contributed by atoms with Gasteiger partial charge in [-0.3, -0.25) is 4.79 Å². The summed E-state index contributed by atoms with van der Waals surface area (Å²) in [6.45, 7) is 6.06. The zero-order valence-corrected chi connectivity index (χ0v) is 9.67. The summed E-state index contributed by atoms with van der Waals surface area (Å²) in [5, 5.41) is 0. The molecule has 1 aliphatic rings. The minimum Gasteiger partial charge on any atom is -0.267 e. The third-order valence-corrected chi connectivity index (χ3v) is 2.77. The van der Waals surface area contributed by atoms with Crippen molar-refractivity contribution in [3.05, 3.63) is 34.6 Å². The molecule has 2 nitrogen and oxygen atoms in total. The van der Waals surface area contributed by atoms with Crippen LogP contribution in [0.3, 0.4) is 0 Å². The van der Waals surface area contributed by atoms with Crippen molar-refractivity contribution in [1.82, 2.24) is 0 Å². The van der Waals surface area contributed by atoms with Crippen molar-refractivity contribution >= 4 is 12.1 Å². The van der Waals surface area contributed by atoms with Gasteiger partial charge in [-0.15, -0.1) is 0 Å². The molecule has 2 rings (SSSR count). The fourth-order valence-electron chi connectivity index (χ4n) is 1.79. The molecule has 0 fully saturated rings. The second-order valence-electron chi connectivity index (χ2n) is 5.06. The maximum Gasteiger partial charge on any atom is 0.279 e. The average molecular weight is 219 g/mol. The van der Waals surface area contributed by atoms with Crippen LogP contribution < -0.4 is 0 Å². The van der Waals surface area contributed by atoms with Gasteiger partial charge in [0, 0.05) is 12.6 Å². The Kier molecular flexibility index (Phi) is 2.41. The number of carbonyl (C=O) groups is 1. The zero-order valence-electron chi connectivity index (χ0n) is 9.67. The third kappa shape index (κ3) is 1.77. The number of hydrogen-bond acceptors (Lipinski definition) is 1. The lowest BCUT2D eigenvalue weighted by atomic mass is 9.84. The molecule has 1 heterocycles. The van der Waals surface area contributed by atoms with E-state index in [4.69, 9.17) is 0 Å². The number of amides is 1. The fraction of sp³-hybridized carbons (Fsp3) is 0.385. The first-order valence-corrected chi connectivity index (χ1v) is 5.29. The first-order valence-electron chi connectivity index (χ1n) is 5.29. The van der Waals surface area contributed by atoms with Crippen LogP contribution in [0.15, 0.2) is 17.1 Å². The summed E-state index contributed by atoms with van der Waals surface area (Å²) >= 11 is 0. The summed E-state index contributed by atoms with van der Waals surface area (Å²) in [7, 11) is 0. The molecule has 1 aliphatic heterocycles. The van der Waals surface area contributed by atoms with Gasteiger partial charge >= 0.3 is 0 Å². The Morgan fingerprint density at radius 3 is 2.62 bits per heavy atom.